The fraction of sp³-hybridized carbons (Fsp3) is 0.462. The molecule has 6 nitrogen and oxygen atoms in total. The molecule has 0 saturated carbocycles. The number of ether oxygens (including phenoxy) is 1. The highest BCUT2D eigenvalue weighted by molar-refractivity contribution is 6.02. The number of nitrogens with zero attached hydrogens (tertiary/aromatic N) is 2. The van der Waals surface area contributed by atoms with Crippen molar-refractivity contribution in [3.05, 3.63) is 29.3 Å². The smallest absolute Gasteiger partial charge is 0.172 e. The van der Waals surface area contributed by atoms with Crippen molar-refractivity contribution < 1.29 is 15.1 Å². The molecular formula is C13H21N3O3. The number of likely N-dealkylation sites (N-methyl/N-ethyl adjacent to an activating group) is 1. The molecule has 0 aliphatic carbocycles. The Bertz CT molecular complexity index is 449. The average molecular weight is 267 g/mol. The number of benzene rings is 1. The summed E-state index contributed by atoms with van der Waals surface area (Å²) in [5, 5.41) is 21.6. The van der Waals surface area contributed by atoms with Crippen LogP contribution in [0.5, 0.6) is 0 Å². The first kappa shape index (κ1) is 15.3. The number of para-hydroxylation sites is 1. The molecule has 1 unspecified atom stereocenters. The topological polar surface area (TPSA) is 91.3 Å². The predicted molar refractivity (Wildman–Crippen MR) is 74.8 cm³/mol. The summed E-state index contributed by atoms with van der Waals surface area (Å²) in [4.78, 5) is 1.87. The molecule has 0 spiro atoms. The first-order valence-electron chi connectivity index (χ1n) is 5.96. The Morgan fingerprint density at radius 2 is 2.21 bits per heavy atom. The quantitative estimate of drug-likeness (QED) is 0.303. The second-order valence-corrected chi connectivity index (χ2v) is 4.45. The zero-order chi connectivity index (χ0) is 14.4. The monoisotopic (exact) mass is 267 g/mol. The normalized spacial score (nSPS) is 13.4. The van der Waals surface area contributed by atoms with Crippen LogP contribution in [-0.2, 0) is 4.74 Å². The van der Waals surface area contributed by atoms with E-state index in [0.29, 0.717) is 12.1 Å². The molecule has 19 heavy (non-hydrogen) atoms. The summed E-state index contributed by atoms with van der Waals surface area (Å²) in [6.45, 7) is 2.59. The van der Waals surface area contributed by atoms with Crippen LogP contribution in [0.3, 0.4) is 0 Å². The highest BCUT2D eigenvalue weighted by Gasteiger charge is 2.16. The Labute approximate surface area is 113 Å². The van der Waals surface area contributed by atoms with Gasteiger partial charge in [0.05, 0.1) is 18.4 Å². The van der Waals surface area contributed by atoms with E-state index in [2.05, 4.69) is 5.16 Å². The number of aliphatic hydroxyl groups is 1. The van der Waals surface area contributed by atoms with Crippen molar-refractivity contribution >= 4 is 11.5 Å². The fourth-order valence-corrected chi connectivity index (χ4v) is 2.08. The number of aryl methyl sites for hydroxylation is 1. The first-order valence-corrected chi connectivity index (χ1v) is 5.96. The summed E-state index contributed by atoms with van der Waals surface area (Å²) in [5.41, 5.74) is 8.12. The van der Waals surface area contributed by atoms with Gasteiger partial charge >= 0.3 is 0 Å². The van der Waals surface area contributed by atoms with E-state index in [0.717, 1.165) is 11.3 Å². The number of methoxy groups -OCH3 is 1. The second-order valence-electron chi connectivity index (χ2n) is 4.45. The molecule has 0 radical (unpaired) electrons. The van der Waals surface area contributed by atoms with Crippen molar-refractivity contribution in [3.8, 4) is 0 Å². The van der Waals surface area contributed by atoms with Crippen molar-refractivity contribution in [2.75, 3.05) is 32.2 Å². The summed E-state index contributed by atoms with van der Waals surface area (Å²) in [6, 6.07) is 5.55. The molecule has 0 aromatic heterocycles. The molecule has 0 aliphatic heterocycles. The van der Waals surface area contributed by atoms with Crippen LogP contribution in [0.15, 0.2) is 23.4 Å². The SMILES string of the molecule is COCC(O)CN(C)c1c(C)cccc1/C(N)=N/O. The van der Waals surface area contributed by atoms with Gasteiger partial charge < -0.3 is 25.7 Å². The minimum Gasteiger partial charge on any atom is -0.409 e. The molecule has 1 rings (SSSR count). The molecule has 0 bridgehead atoms. The zero-order valence-corrected chi connectivity index (χ0v) is 11.5. The second kappa shape index (κ2) is 6.96. The number of rotatable bonds is 6. The van der Waals surface area contributed by atoms with Crippen LogP contribution in [0, 0.1) is 6.92 Å². The Balaban J connectivity index is 3.04. The van der Waals surface area contributed by atoms with Gasteiger partial charge in [0.25, 0.3) is 0 Å². The maximum Gasteiger partial charge on any atom is 0.172 e. The molecule has 0 heterocycles. The Kier molecular flexibility index (Phi) is 5.59. The van der Waals surface area contributed by atoms with E-state index in [1.807, 2.05) is 31.0 Å². The number of nitrogens with two attached hydrogens (primary N) is 1. The predicted octanol–water partition coefficient (Wildman–Crippen LogP) is 0.533. The Morgan fingerprint density at radius 1 is 1.53 bits per heavy atom. The van der Waals surface area contributed by atoms with E-state index in [1.54, 1.807) is 13.2 Å². The van der Waals surface area contributed by atoms with Gasteiger partial charge in [-0.1, -0.05) is 17.3 Å². The minimum absolute atomic E-state index is 0.0479. The Hall–Kier alpha value is -1.79. The molecular weight excluding hydrogens is 246 g/mol. The maximum atomic E-state index is 9.78. The van der Waals surface area contributed by atoms with E-state index in [9.17, 15) is 5.11 Å². The molecule has 0 aliphatic rings. The third-order valence-corrected chi connectivity index (χ3v) is 2.85. The molecule has 6 heteroatoms. The lowest BCUT2D eigenvalue weighted by Gasteiger charge is -2.26. The van der Waals surface area contributed by atoms with Crippen molar-refractivity contribution in [2.45, 2.75) is 13.0 Å². The lowest BCUT2D eigenvalue weighted by molar-refractivity contribution is 0.0695. The van der Waals surface area contributed by atoms with Gasteiger partial charge in [0.2, 0.25) is 0 Å². The van der Waals surface area contributed by atoms with Crippen LogP contribution in [0.2, 0.25) is 0 Å². The average Bonchev–Trinajstić information content (AvgIpc) is 2.37. The van der Waals surface area contributed by atoms with E-state index in [-0.39, 0.29) is 12.4 Å². The third-order valence-electron chi connectivity index (χ3n) is 2.85. The van der Waals surface area contributed by atoms with Crippen molar-refractivity contribution in [2.24, 2.45) is 10.9 Å². The van der Waals surface area contributed by atoms with Gasteiger partial charge in [0, 0.05) is 26.3 Å². The summed E-state index contributed by atoms with van der Waals surface area (Å²) >= 11 is 0. The highest BCUT2D eigenvalue weighted by atomic mass is 16.5. The van der Waals surface area contributed by atoms with E-state index in [4.69, 9.17) is 15.7 Å². The summed E-state index contributed by atoms with van der Waals surface area (Å²) in [6.07, 6.45) is -0.602. The van der Waals surface area contributed by atoms with Crippen LogP contribution < -0.4 is 10.6 Å². The van der Waals surface area contributed by atoms with Crippen LogP contribution in [0.4, 0.5) is 5.69 Å². The number of oxime groups is 1. The van der Waals surface area contributed by atoms with Gasteiger partial charge in [0.15, 0.2) is 5.84 Å². The Morgan fingerprint density at radius 3 is 2.79 bits per heavy atom. The molecule has 1 aromatic rings. The van der Waals surface area contributed by atoms with Gasteiger partial charge in [-0.05, 0) is 18.6 Å². The van der Waals surface area contributed by atoms with Crippen molar-refractivity contribution in [1.82, 2.24) is 0 Å². The van der Waals surface area contributed by atoms with E-state index >= 15 is 0 Å². The molecule has 1 aromatic carbocycles. The summed E-state index contributed by atoms with van der Waals surface area (Å²) in [5.74, 6) is 0.0479. The van der Waals surface area contributed by atoms with Crippen LogP contribution in [0.25, 0.3) is 0 Å². The van der Waals surface area contributed by atoms with Gasteiger partial charge in [-0.15, -0.1) is 0 Å². The number of aliphatic hydroxyl groups excluding tert-OH is 1. The van der Waals surface area contributed by atoms with Gasteiger partial charge in [-0.3, -0.25) is 0 Å². The summed E-state index contributed by atoms with van der Waals surface area (Å²) < 4.78 is 4.90. The molecule has 0 saturated heterocycles. The third kappa shape index (κ3) is 3.84. The lowest BCUT2D eigenvalue weighted by atomic mass is 10.1. The standard InChI is InChI=1S/C13H21N3O3/c1-9-5-4-6-11(13(14)15-18)12(9)16(2)7-10(17)8-19-3/h4-6,10,17-18H,7-8H2,1-3H3,(H2,14,15). The van der Waals surface area contributed by atoms with E-state index in [1.165, 1.54) is 0 Å². The van der Waals surface area contributed by atoms with Gasteiger partial charge in [-0.25, -0.2) is 0 Å². The number of hydrogen-bond acceptors (Lipinski definition) is 5. The lowest BCUT2D eigenvalue weighted by Crippen LogP contribution is -2.33. The minimum atomic E-state index is -0.602. The molecule has 4 N–H and O–H groups in total. The van der Waals surface area contributed by atoms with Gasteiger partial charge in [-0.2, -0.15) is 0 Å². The van der Waals surface area contributed by atoms with Crippen LogP contribution >= 0.6 is 0 Å². The van der Waals surface area contributed by atoms with Crippen LogP contribution in [-0.4, -0.2) is 49.6 Å². The molecule has 106 valence electrons. The highest BCUT2D eigenvalue weighted by Crippen LogP contribution is 2.24. The number of amidine groups is 1. The number of anilines is 1. The molecule has 0 amide bonds. The molecule has 0 fully saturated rings. The fourth-order valence-electron chi connectivity index (χ4n) is 2.08. The van der Waals surface area contributed by atoms with Crippen LogP contribution in [0.1, 0.15) is 11.1 Å². The van der Waals surface area contributed by atoms with Crippen molar-refractivity contribution in [3.63, 3.8) is 0 Å². The number of hydrogen-bond donors (Lipinski definition) is 3. The summed E-state index contributed by atoms with van der Waals surface area (Å²) in [7, 11) is 3.38. The zero-order valence-electron chi connectivity index (χ0n) is 11.5. The largest absolute Gasteiger partial charge is 0.409 e. The maximum absolute atomic E-state index is 9.78. The molecule has 1 atom stereocenters. The van der Waals surface area contributed by atoms with Gasteiger partial charge in [0.1, 0.15) is 0 Å². The van der Waals surface area contributed by atoms with E-state index < -0.39 is 6.10 Å². The van der Waals surface area contributed by atoms with Crippen molar-refractivity contribution in [1.29, 1.82) is 0 Å². The first-order chi connectivity index (χ1) is 9.01.